The van der Waals surface area contributed by atoms with E-state index in [1.165, 1.54) is 6.20 Å². The third kappa shape index (κ3) is 4.29. The number of aromatic nitrogens is 5. The summed E-state index contributed by atoms with van der Waals surface area (Å²) in [4.78, 5) is 24.7. The number of hydrogen-bond donors (Lipinski definition) is 4. The molecule has 5 rings (SSSR count). The molecule has 9 nitrogen and oxygen atoms in total. The Hall–Kier alpha value is -2.72. The molecule has 0 radical (unpaired) electrons. The Balaban J connectivity index is 1.48. The highest BCUT2D eigenvalue weighted by Crippen LogP contribution is 2.27. The molecule has 0 amide bonds. The maximum Gasteiger partial charge on any atom is 0.276 e. The van der Waals surface area contributed by atoms with Gasteiger partial charge in [0.15, 0.2) is 5.89 Å². The van der Waals surface area contributed by atoms with Gasteiger partial charge in [0.1, 0.15) is 34.9 Å². The van der Waals surface area contributed by atoms with Crippen molar-refractivity contribution in [3.8, 4) is 0 Å². The van der Waals surface area contributed by atoms with Crippen molar-refractivity contribution in [2.24, 2.45) is 0 Å². The van der Waals surface area contributed by atoms with Crippen LogP contribution in [0.2, 0.25) is 10.0 Å². The SMILES string of the molecule is O=c1[nH]c(C(NCc2ccc(Cl)c(Cl)c2)c2coc([C@H]3CCCNC3)n2)nc2cn[nH]c12. The van der Waals surface area contributed by atoms with Gasteiger partial charge in [0.05, 0.1) is 16.2 Å². The molecule has 3 aromatic heterocycles. The average Bonchev–Trinajstić information content (AvgIpc) is 3.47. The van der Waals surface area contributed by atoms with E-state index in [1.807, 2.05) is 6.07 Å². The van der Waals surface area contributed by atoms with Gasteiger partial charge >= 0.3 is 0 Å². The Bertz CT molecular complexity index is 1290. The topological polar surface area (TPSA) is 125 Å². The minimum atomic E-state index is -0.509. The second-order valence-electron chi connectivity index (χ2n) is 7.80. The zero-order valence-electron chi connectivity index (χ0n) is 17.0. The fourth-order valence-corrected chi connectivity index (χ4v) is 4.22. The van der Waals surface area contributed by atoms with E-state index in [0.717, 1.165) is 31.5 Å². The van der Waals surface area contributed by atoms with Gasteiger partial charge in [0, 0.05) is 19.0 Å². The summed E-state index contributed by atoms with van der Waals surface area (Å²) in [6, 6.07) is 4.92. The number of hydrogen-bond acceptors (Lipinski definition) is 7. The maximum absolute atomic E-state index is 12.5. The fraction of sp³-hybridized carbons (Fsp3) is 0.333. The van der Waals surface area contributed by atoms with Crippen molar-refractivity contribution in [1.29, 1.82) is 0 Å². The summed E-state index contributed by atoms with van der Waals surface area (Å²) in [6.07, 6.45) is 5.24. The summed E-state index contributed by atoms with van der Waals surface area (Å²) in [5.41, 5.74) is 2.06. The van der Waals surface area contributed by atoms with Crippen LogP contribution in [0, 0.1) is 0 Å². The highest BCUT2D eigenvalue weighted by Gasteiger charge is 2.25. The lowest BCUT2D eigenvalue weighted by molar-refractivity contribution is 0.376. The second kappa shape index (κ2) is 9.03. The van der Waals surface area contributed by atoms with Crippen LogP contribution in [0.1, 0.15) is 47.8 Å². The third-order valence-electron chi connectivity index (χ3n) is 5.58. The van der Waals surface area contributed by atoms with Gasteiger partial charge < -0.3 is 14.7 Å². The van der Waals surface area contributed by atoms with Gasteiger partial charge in [0.2, 0.25) is 0 Å². The maximum atomic E-state index is 12.5. The molecule has 0 bridgehead atoms. The van der Waals surface area contributed by atoms with E-state index >= 15 is 0 Å². The van der Waals surface area contributed by atoms with E-state index in [2.05, 4.69) is 30.8 Å². The van der Waals surface area contributed by atoms with Crippen molar-refractivity contribution in [3.63, 3.8) is 0 Å². The Morgan fingerprint density at radius 1 is 1.25 bits per heavy atom. The molecule has 4 N–H and O–H groups in total. The number of oxazole rings is 1. The van der Waals surface area contributed by atoms with Crippen LogP contribution in [0.3, 0.4) is 0 Å². The lowest BCUT2D eigenvalue weighted by Crippen LogP contribution is -2.29. The quantitative estimate of drug-likeness (QED) is 0.338. The van der Waals surface area contributed by atoms with Crippen LogP contribution in [-0.2, 0) is 6.54 Å². The Morgan fingerprint density at radius 2 is 2.16 bits per heavy atom. The van der Waals surface area contributed by atoms with Crippen LogP contribution in [0.4, 0.5) is 0 Å². The molecule has 0 aliphatic carbocycles. The molecule has 1 saturated heterocycles. The molecule has 1 unspecified atom stereocenters. The van der Waals surface area contributed by atoms with E-state index in [1.54, 1.807) is 18.4 Å². The molecule has 1 aliphatic heterocycles. The molecule has 1 aliphatic rings. The number of rotatable bonds is 6. The summed E-state index contributed by atoms with van der Waals surface area (Å²) in [6.45, 7) is 2.28. The molecule has 0 saturated carbocycles. The molecule has 4 aromatic rings. The van der Waals surface area contributed by atoms with E-state index < -0.39 is 6.04 Å². The van der Waals surface area contributed by atoms with Gasteiger partial charge in [-0.15, -0.1) is 0 Å². The van der Waals surface area contributed by atoms with Crippen molar-refractivity contribution in [2.75, 3.05) is 13.1 Å². The highest BCUT2D eigenvalue weighted by molar-refractivity contribution is 6.42. The molecule has 4 heterocycles. The van der Waals surface area contributed by atoms with Gasteiger partial charge in [-0.05, 0) is 37.1 Å². The van der Waals surface area contributed by atoms with E-state index in [0.29, 0.717) is 45.0 Å². The largest absolute Gasteiger partial charge is 0.448 e. The van der Waals surface area contributed by atoms with Crippen LogP contribution >= 0.6 is 23.2 Å². The minimum absolute atomic E-state index is 0.219. The van der Waals surface area contributed by atoms with Crippen LogP contribution in [0.15, 0.2) is 39.9 Å². The van der Waals surface area contributed by atoms with Crippen LogP contribution in [-0.4, -0.2) is 38.2 Å². The minimum Gasteiger partial charge on any atom is -0.448 e. The first-order valence-corrected chi connectivity index (χ1v) is 11.1. The van der Waals surface area contributed by atoms with Crippen molar-refractivity contribution in [3.05, 3.63) is 74.0 Å². The van der Waals surface area contributed by atoms with Crippen molar-refractivity contribution >= 4 is 34.2 Å². The lowest BCUT2D eigenvalue weighted by atomic mass is 10.00. The molecule has 11 heteroatoms. The van der Waals surface area contributed by atoms with Crippen molar-refractivity contribution in [2.45, 2.75) is 31.3 Å². The number of piperidine rings is 1. The summed E-state index contributed by atoms with van der Waals surface area (Å²) < 4.78 is 5.83. The molecule has 0 spiro atoms. The first-order valence-electron chi connectivity index (χ1n) is 10.3. The first-order chi connectivity index (χ1) is 15.6. The summed E-state index contributed by atoms with van der Waals surface area (Å²) in [5.74, 6) is 1.32. The number of fused-ring (bicyclic) bond motifs is 1. The van der Waals surface area contributed by atoms with E-state index in [-0.39, 0.29) is 11.5 Å². The standard InChI is InChI=1S/C21H21Cl2N7O2/c22-13-4-3-11(6-14(13)23)7-25-17(19-27-15-9-26-30-18(15)20(31)29-19)16-10-32-21(28-16)12-2-1-5-24-8-12/h3-4,6,9-10,12,17,24-25H,1-2,5,7-8H2,(H,26,30)(H,27,29,31)/t12-,17?/m0/s1. The molecule has 1 aromatic carbocycles. The van der Waals surface area contributed by atoms with Gasteiger partial charge in [-0.1, -0.05) is 29.3 Å². The summed E-state index contributed by atoms with van der Waals surface area (Å²) in [5, 5.41) is 14.3. The predicted octanol–water partition coefficient (Wildman–Crippen LogP) is 3.29. The smallest absolute Gasteiger partial charge is 0.276 e. The molecule has 32 heavy (non-hydrogen) atoms. The van der Waals surface area contributed by atoms with Crippen LogP contribution in [0.5, 0.6) is 0 Å². The zero-order chi connectivity index (χ0) is 22.1. The summed E-state index contributed by atoms with van der Waals surface area (Å²) in [7, 11) is 0. The van der Waals surface area contributed by atoms with Gasteiger partial charge in [-0.2, -0.15) is 5.10 Å². The molecule has 166 valence electrons. The number of halogens is 2. The van der Waals surface area contributed by atoms with Crippen molar-refractivity contribution in [1.82, 2.24) is 35.8 Å². The van der Waals surface area contributed by atoms with Gasteiger partial charge in [0.25, 0.3) is 5.56 Å². The first kappa shape index (κ1) is 21.1. The van der Waals surface area contributed by atoms with Gasteiger partial charge in [-0.25, -0.2) is 9.97 Å². The average molecular weight is 474 g/mol. The normalized spacial score (nSPS) is 17.6. The Kier molecular flexibility index (Phi) is 5.97. The van der Waals surface area contributed by atoms with Crippen LogP contribution in [0.25, 0.3) is 11.0 Å². The molecular formula is C21H21Cl2N7O2. The fourth-order valence-electron chi connectivity index (χ4n) is 3.90. The molecule has 1 fully saturated rings. The second-order valence-corrected chi connectivity index (χ2v) is 8.61. The number of aromatic amines is 2. The third-order valence-corrected chi connectivity index (χ3v) is 6.32. The van der Waals surface area contributed by atoms with Gasteiger partial charge in [-0.3, -0.25) is 15.2 Å². The predicted molar refractivity (Wildman–Crippen MR) is 121 cm³/mol. The number of nitrogens with one attached hydrogen (secondary N) is 4. The summed E-state index contributed by atoms with van der Waals surface area (Å²) >= 11 is 12.2. The Labute approximate surface area is 192 Å². The van der Waals surface area contributed by atoms with E-state index in [4.69, 9.17) is 32.6 Å². The number of benzene rings is 1. The Morgan fingerprint density at radius 3 is 2.97 bits per heavy atom. The van der Waals surface area contributed by atoms with Crippen molar-refractivity contribution < 1.29 is 4.42 Å². The lowest BCUT2D eigenvalue weighted by Gasteiger charge is -2.19. The zero-order valence-corrected chi connectivity index (χ0v) is 18.5. The monoisotopic (exact) mass is 473 g/mol. The van der Waals surface area contributed by atoms with E-state index in [9.17, 15) is 4.79 Å². The molecular weight excluding hydrogens is 453 g/mol. The number of H-pyrrole nitrogens is 2. The number of nitrogens with zero attached hydrogens (tertiary/aromatic N) is 3. The van der Waals surface area contributed by atoms with Crippen LogP contribution < -0.4 is 16.2 Å². The highest BCUT2D eigenvalue weighted by atomic mass is 35.5. The molecule has 2 atom stereocenters.